The van der Waals surface area contributed by atoms with Crippen molar-refractivity contribution in [2.24, 2.45) is 0 Å². The second kappa shape index (κ2) is 10.4. The second-order valence-electron chi connectivity index (χ2n) is 4.55. The average Bonchev–Trinajstić information content (AvgIpc) is 2.53. The third-order valence-electron chi connectivity index (χ3n) is 2.65. The van der Waals surface area contributed by atoms with Gasteiger partial charge in [-0.1, -0.05) is 37.3 Å². The highest BCUT2D eigenvalue weighted by Crippen LogP contribution is 2.01. The smallest absolute Gasteiger partial charge is 0.407 e. The van der Waals surface area contributed by atoms with Gasteiger partial charge in [-0.15, -0.1) is 0 Å². The molecule has 0 saturated carbocycles. The quantitative estimate of drug-likeness (QED) is 0.684. The van der Waals surface area contributed by atoms with E-state index in [2.05, 4.69) is 5.32 Å². The van der Waals surface area contributed by atoms with E-state index in [0.717, 1.165) is 18.1 Å². The van der Waals surface area contributed by atoms with Crippen LogP contribution in [-0.2, 0) is 20.9 Å². The summed E-state index contributed by atoms with van der Waals surface area (Å²) >= 11 is 0. The van der Waals surface area contributed by atoms with E-state index in [-0.39, 0.29) is 13.2 Å². The van der Waals surface area contributed by atoms with Crippen LogP contribution in [0, 0.1) is 0 Å². The standard InChI is InChI=1S/C16H21NO5/c1-2-10-21-14(8-9-15(18)19)11-17-16(20)22-12-13-6-4-3-5-7-13/h3-9,14H,2,10-12H2,1H3,(H,17,20)(H,18,19)/t14-/m1/s1. The van der Waals surface area contributed by atoms with Gasteiger partial charge in [0, 0.05) is 12.7 Å². The lowest BCUT2D eigenvalue weighted by atomic mass is 10.2. The third-order valence-corrected chi connectivity index (χ3v) is 2.65. The number of hydrogen-bond acceptors (Lipinski definition) is 4. The van der Waals surface area contributed by atoms with Crippen LogP contribution in [0.15, 0.2) is 42.5 Å². The fraction of sp³-hybridized carbons (Fsp3) is 0.375. The molecule has 1 rings (SSSR count). The Morgan fingerprint density at radius 3 is 2.68 bits per heavy atom. The number of carboxylic acid groups (broad SMARTS) is 1. The predicted octanol–water partition coefficient (Wildman–Crippen LogP) is 2.35. The zero-order valence-corrected chi connectivity index (χ0v) is 12.5. The van der Waals surface area contributed by atoms with Gasteiger partial charge in [-0.25, -0.2) is 9.59 Å². The molecule has 0 heterocycles. The van der Waals surface area contributed by atoms with Crippen LogP contribution < -0.4 is 5.32 Å². The summed E-state index contributed by atoms with van der Waals surface area (Å²) in [5.74, 6) is -1.06. The molecular formula is C16H21NO5. The summed E-state index contributed by atoms with van der Waals surface area (Å²) in [6.45, 7) is 2.75. The minimum Gasteiger partial charge on any atom is -0.478 e. The van der Waals surface area contributed by atoms with Crippen LogP contribution in [0.2, 0.25) is 0 Å². The van der Waals surface area contributed by atoms with Gasteiger partial charge in [0.2, 0.25) is 0 Å². The largest absolute Gasteiger partial charge is 0.478 e. The molecule has 1 amide bonds. The van der Waals surface area contributed by atoms with Crippen LogP contribution in [0.4, 0.5) is 4.79 Å². The summed E-state index contributed by atoms with van der Waals surface area (Å²) in [6.07, 6.45) is 2.13. The van der Waals surface area contributed by atoms with Crippen LogP contribution in [0.1, 0.15) is 18.9 Å². The number of ether oxygens (including phenoxy) is 2. The second-order valence-corrected chi connectivity index (χ2v) is 4.55. The number of hydrogen-bond donors (Lipinski definition) is 2. The average molecular weight is 307 g/mol. The zero-order chi connectivity index (χ0) is 16.2. The van der Waals surface area contributed by atoms with E-state index in [9.17, 15) is 9.59 Å². The van der Waals surface area contributed by atoms with Crippen molar-refractivity contribution in [3.63, 3.8) is 0 Å². The van der Waals surface area contributed by atoms with Gasteiger partial charge >= 0.3 is 12.1 Å². The summed E-state index contributed by atoms with van der Waals surface area (Å²) in [4.78, 5) is 22.1. The summed E-state index contributed by atoms with van der Waals surface area (Å²) in [5.41, 5.74) is 0.891. The molecule has 6 heteroatoms. The van der Waals surface area contributed by atoms with Gasteiger partial charge in [-0.2, -0.15) is 0 Å². The Balaban J connectivity index is 2.35. The number of carbonyl (C=O) groups excluding carboxylic acids is 1. The maximum atomic E-state index is 11.6. The van der Waals surface area contributed by atoms with Crippen molar-refractivity contribution in [1.29, 1.82) is 0 Å². The fourth-order valence-electron chi connectivity index (χ4n) is 1.60. The maximum Gasteiger partial charge on any atom is 0.407 e. The first-order valence-corrected chi connectivity index (χ1v) is 7.09. The topological polar surface area (TPSA) is 84.9 Å². The Kier molecular flexibility index (Phi) is 8.37. The van der Waals surface area contributed by atoms with Crippen molar-refractivity contribution in [2.45, 2.75) is 26.1 Å². The number of alkyl carbamates (subject to hydrolysis) is 1. The molecule has 0 fully saturated rings. The molecule has 1 aromatic carbocycles. The van der Waals surface area contributed by atoms with Crippen molar-refractivity contribution in [3.8, 4) is 0 Å². The van der Waals surface area contributed by atoms with Crippen LogP contribution in [0.5, 0.6) is 0 Å². The molecule has 1 aromatic rings. The van der Waals surface area contributed by atoms with Crippen molar-refractivity contribution in [3.05, 3.63) is 48.0 Å². The number of amides is 1. The minimum absolute atomic E-state index is 0.150. The van der Waals surface area contributed by atoms with Crippen LogP contribution in [0.3, 0.4) is 0 Å². The summed E-state index contributed by atoms with van der Waals surface area (Å²) in [7, 11) is 0. The molecule has 0 aliphatic rings. The van der Waals surface area contributed by atoms with E-state index in [1.165, 1.54) is 6.08 Å². The Morgan fingerprint density at radius 1 is 1.32 bits per heavy atom. The molecule has 0 aliphatic heterocycles. The number of nitrogens with one attached hydrogen (secondary N) is 1. The molecular weight excluding hydrogens is 286 g/mol. The molecule has 0 unspecified atom stereocenters. The molecule has 2 N–H and O–H groups in total. The van der Waals surface area contributed by atoms with Gasteiger partial charge in [0.1, 0.15) is 6.61 Å². The maximum absolute atomic E-state index is 11.6. The number of carbonyl (C=O) groups is 2. The van der Waals surface area contributed by atoms with Gasteiger partial charge in [0.15, 0.2) is 0 Å². The van der Waals surface area contributed by atoms with Gasteiger partial charge in [-0.05, 0) is 18.1 Å². The zero-order valence-electron chi connectivity index (χ0n) is 12.5. The third kappa shape index (κ3) is 8.06. The SMILES string of the molecule is CCCO[C@H](C=CC(=O)O)CNC(=O)OCc1ccccc1. The Hall–Kier alpha value is -2.34. The Morgan fingerprint density at radius 2 is 2.05 bits per heavy atom. The van der Waals surface area contributed by atoms with E-state index in [0.29, 0.717) is 6.61 Å². The molecule has 120 valence electrons. The van der Waals surface area contributed by atoms with Crippen molar-refractivity contribution >= 4 is 12.1 Å². The molecule has 22 heavy (non-hydrogen) atoms. The van der Waals surface area contributed by atoms with Crippen LogP contribution in [0.25, 0.3) is 0 Å². The summed E-state index contributed by atoms with van der Waals surface area (Å²) in [6, 6.07) is 9.32. The molecule has 6 nitrogen and oxygen atoms in total. The number of carboxylic acids is 1. The predicted molar refractivity (Wildman–Crippen MR) is 81.4 cm³/mol. The first-order valence-electron chi connectivity index (χ1n) is 7.09. The monoisotopic (exact) mass is 307 g/mol. The van der Waals surface area contributed by atoms with E-state index in [1.54, 1.807) is 0 Å². The fourth-order valence-corrected chi connectivity index (χ4v) is 1.60. The summed E-state index contributed by atoms with van der Waals surface area (Å²) in [5, 5.41) is 11.2. The Bertz CT molecular complexity index is 487. The lowest BCUT2D eigenvalue weighted by Gasteiger charge is -2.14. The van der Waals surface area contributed by atoms with Crippen LogP contribution in [-0.4, -0.2) is 36.4 Å². The highest BCUT2D eigenvalue weighted by atomic mass is 16.5. The minimum atomic E-state index is -1.06. The number of benzene rings is 1. The lowest BCUT2D eigenvalue weighted by molar-refractivity contribution is -0.131. The molecule has 0 radical (unpaired) electrons. The molecule has 0 aliphatic carbocycles. The number of aliphatic carboxylic acids is 1. The van der Waals surface area contributed by atoms with Gasteiger partial charge in [0.05, 0.1) is 12.6 Å². The van der Waals surface area contributed by atoms with Gasteiger partial charge in [-0.3, -0.25) is 0 Å². The van der Waals surface area contributed by atoms with Crippen molar-refractivity contribution < 1.29 is 24.2 Å². The van der Waals surface area contributed by atoms with Crippen molar-refractivity contribution in [2.75, 3.05) is 13.2 Å². The van der Waals surface area contributed by atoms with Crippen molar-refractivity contribution in [1.82, 2.24) is 5.32 Å². The van der Waals surface area contributed by atoms with E-state index >= 15 is 0 Å². The Labute approximate surface area is 129 Å². The molecule has 0 bridgehead atoms. The highest BCUT2D eigenvalue weighted by molar-refractivity contribution is 5.79. The van der Waals surface area contributed by atoms with E-state index < -0.39 is 18.2 Å². The number of rotatable bonds is 9. The normalized spacial score (nSPS) is 12.0. The first-order chi connectivity index (χ1) is 10.6. The van der Waals surface area contributed by atoms with E-state index in [4.69, 9.17) is 14.6 Å². The highest BCUT2D eigenvalue weighted by Gasteiger charge is 2.09. The molecule has 0 saturated heterocycles. The lowest BCUT2D eigenvalue weighted by Crippen LogP contribution is -2.33. The molecule has 0 aromatic heterocycles. The van der Waals surface area contributed by atoms with Gasteiger partial charge in [0.25, 0.3) is 0 Å². The first kappa shape index (κ1) is 17.7. The summed E-state index contributed by atoms with van der Waals surface area (Å²) < 4.78 is 10.5. The van der Waals surface area contributed by atoms with Gasteiger partial charge < -0.3 is 19.9 Å². The van der Waals surface area contributed by atoms with E-state index in [1.807, 2.05) is 37.3 Å². The molecule has 1 atom stereocenters. The molecule has 0 spiro atoms. The van der Waals surface area contributed by atoms with Crippen LogP contribution >= 0.6 is 0 Å².